The summed E-state index contributed by atoms with van der Waals surface area (Å²) in [5, 5.41) is 0. The Labute approximate surface area is 109 Å². The zero-order valence-corrected chi connectivity index (χ0v) is 11.9. The molecule has 5 nitrogen and oxygen atoms in total. The van der Waals surface area contributed by atoms with Gasteiger partial charge in [-0.25, -0.2) is 4.79 Å². The lowest BCUT2D eigenvalue weighted by molar-refractivity contribution is -0.168. The Bertz CT molecular complexity index is 275. The van der Waals surface area contributed by atoms with Crippen molar-refractivity contribution in [3.63, 3.8) is 0 Å². The fourth-order valence-corrected chi connectivity index (χ4v) is 1.16. The predicted molar refractivity (Wildman–Crippen MR) is 67.1 cm³/mol. The Hall–Kier alpha value is -1.10. The Kier molecular flexibility index (Phi) is 7.59. The van der Waals surface area contributed by atoms with Crippen LogP contribution in [0.3, 0.4) is 0 Å². The van der Waals surface area contributed by atoms with E-state index in [1.165, 1.54) is 0 Å². The first kappa shape index (κ1) is 16.9. The molecule has 0 saturated heterocycles. The standard InChI is InChI=1S/C13H24O5/c1-6-13(5,9-18-10(3)4)12(15)17-8-11(14)16-7-2/h10H,6-9H2,1-5H3. The summed E-state index contributed by atoms with van der Waals surface area (Å²) in [6.45, 7) is 9.37. The highest BCUT2D eigenvalue weighted by Crippen LogP contribution is 2.24. The molecule has 1 atom stereocenters. The van der Waals surface area contributed by atoms with E-state index in [1.807, 2.05) is 20.8 Å². The van der Waals surface area contributed by atoms with Gasteiger partial charge >= 0.3 is 11.9 Å². The van der Waals surface area contributed by atoms with Crippen LogP contribution in [-0.2, 0) is 23.8 Å². The molecule has 0 rings (SSSR count). The van der Waals surface area contributed by atoms with Crippen molar-refractivity contribution in [2.45, 2.75) is 47.1 Å². The van der Waals surface area contributed by atoms with Crippen LogP contribution in [0.1, 0.15) is 41.0 Å². The summed E-state index contributed by atoms with van der Waals surface area (Å²) < 4.78 is 15.1. The van der Waals surface area contributed by atoms with Crippen LogP contribution in [0, 0.1) is 5.41 Å². The van der Waals surface area contributed by atoms with E-state index in [0.717, 1.165) is 0 Å². The van der Waals surface area contributed by atoms with Crippen LogP contribution in [-0.4, -0.2) is 37.9 Å². The van der Waals surface area contributed by atoms with Crippen molar-refractivity contribution in [2.24, 2.45) is 5.41 Å². The van der Waals surface area contributed by atoms with E-state index >= 15 is 0 Å². The summed E-state index contributed by atoms with van der Waals surface area (Å²) in [5.41, 5.74) is -0.725. The van der Waals surface area contributed by atoms with Crippen LogP contribution in [0.4, 0.5) is 0 Å². The fraction of sp³-hybridized carbons (Fsp3) is 0.846. The highest BCUT2D eigenvalue weighted by atomic mass is 16.6. The molecule has 0 spiro atoms. The normalized spacial score (nSPS) is 14.1. The average molecular weight is 260 g/mol. The van der Waals surface area contributed by atoms with Crippen molar-refractivity contribution in [1.82, 2.24) is 0 Å². The number of esters is 2. The van der Waals surface area contributed by atoms with Crippen LogP contribution >= 0.6 is 0 Å². The number of ether oxygens (including phenoxy) is 3. The largest absolute Gasteiger partial charge is 0.463 e. The van der Waals surface area contributed by atoms with Crippen molar-refractivity contribution in [1.29, 1.82) is 0 Å². The van der Waals surface area contributed by atoms with E-state index in [4.69, 9.17) is 9.47 Å². The quantitative estimate of drug-likeness (QED) is 0.624. The number of hydrogen-bond donors (Lipinski definition) is 0. The fourth-order valence-electron chi connectivity index (χ4n) is 1.16. The molecular formula is C13H24O5. The molecular weight excluding hydrogens is 236 g/mol. The van der Waals surface area contributed by atoms with Gasteiger partial charge in [0.15, 0.2) is 6.61 Å². The summed E-state index contributed by atoms with van der Waals surface area (Å²) in [5.74, 6) is -0.965. The monoisotopic (exact) mass is 260 g/mol. The zero-order valence-electron chi connectivity index (χ0n) is 11.9. The van der Waals surface area contributed by atoms with Crippen molar-refractivity contribution in [3.8, 4) is 0 Å². The van der Waals surface area contributed by atoms with Gasteiger partial charge < -0.3 is 14.2 Å². The zero-order chi connectivity index (χ0) is 14.2. The Morgan fingerprint density at radius 2 is 1.78 bits per heavy atom. The lowest BCUT2D eigenvalue weighted by Crippen LogP contribution is -2.36. The molecule has 0 heterocycles. The summed E-state index contributed by atoms with van der Waals surface area (Å²) in [6.07, 6.45) is 0.634. The molecule has 106 valence electrons. The highest BCUT2D eigenvalue weighted by molar-refractivity contribution is 5.80. The third kappa shape index (κ3) is 6.00. The average Bonchev–Trinajstić information content (AvgIpc) is 2.33. The van der Waals surface area contributed by atoms with E-state index in [0.29, 0.717) is 6.42 Å². The molecule has 0 amide bonds. The van der Waals surface area contributed by atoms with Crippen LogP contribution in [0.25, 0.3) is 0 Å². The third-order valence-electron chi connectivity index (χ3n) is 2.63. The smallest absolute Gasteiger partial charge is 0.344 e. The minimum atomic E-state index is -0.725. The van der Waals surface area contributed by atoms with E-state index in [9.17, 15) is 9.59 Å². The lowest BCUT2D eigenvalue weighted by Gasteiger charge is -2.26. The molecule has 0 aliphatic carbocycles. The minimum Gasteiger partial charge on any atom is -0.463 e. The summed E-state index contributed by atoms with van der Waals surface area (Å²) in [6, 6.07) is 0. The molecule has 0 radical (unpaired) electrons. The maximum absolute atomic E-state index is 11.9. The van der Waals surface area contributed by atoms with Gasteiger partial charge in [-0.05, 0) is 34.1 Å². The second-order valence-electron chi connectivity index (χ2n) is 4.66. The third-order valence-corrected chi connectivity index (χ3v) is 2.63. The van der Waals surface area contributed by atoms with E-state index in [-0.39, 0.29) is 25.9 Å². The second-order valence-corrected chi connectivity index (χ2v) is 4.66. The van der Waals surface area contributed by atoms with Crippen molar-refractivity contribution < 1.29 is 23.8 Å². The van der Waals surface area contributed by atoms with Gasteiger partial charge in [-0.15, -0.1) is 0 Å². The van der Waals surface area contributed by atoms with Gasteiger partial charge in [-0.1, -0.05) is 6.92 Å². The molecule has 1 unspecified atom stereocenters. The molecule has 0 aliphatic rings. The molecule has 0 aliphatic heterocycles. The highest BCUT2D eigenvalue weighted by Gasteiger charge is 2.34. The van der Waals surface area contributed by atoms with Crippen molar-refractivity contribution in [3.05, 3.63) is 0 Å². The molecule has 0 aromatic heterocycles. The van der Waals surface area contributed by atoms with Gasteiger partial charge in [-0.3, -0.25) is 4.79 Å². The summed E-state index contributed by atoms with van der Waals surface area (Å²) in [7, 11) is 0. The molecule has 18 heavy (non-hydrogen) atoms. The van der Waals surface area contributed by atoms with Gasteiger partial charge in [-0.2, -0.15) is 0 Å². The molecule has 0 fully saturated rings. The van der Waals surface area contributed by atoms with E-state index in [1.54, 1.807) is 13.8 Å². The summed E-state index contributed by atoms with van der Waals surface area (Å²) in [4.78, 5) is 23.0. The molecule has 0 bridgehead atoms. The van der Waals surface area contributed by atoms with Crippen molar-refractivity contribution >= 4 is 11.9 Å². The van der Waals surface area contributed by atoms with Crippen LogP contribution < -0.4 is 0 Å². The minimum absolute atomic E-state index is 0.0498. The molecule has 5 heteroatoms. The Morgan fingerprint density at radius 1 is 1.17 bits per heavy atom. The van der Waals surface area contributed by atoms with E-state index < -0.39 is 17.4 Å². The van der Waals surface area contributed by atoms with Gasteiger partial charge in [0.2, 0.25) is 0 Å². The van der Waals surface area contributed by atoms with Crippen LogP contribution in [0.5, 0.6) is 0 Å². The molecule has 0 N–H and O–H groups in total. The lowest BCUT2D eigenvalue weighted by atomic mass is 9.89. The van der Waals surface area contributed by atoms with Gasteiger partial charge in [0, 0.05) is 0 Å². The predicted octanol–water partition coefficient (Wildman–Crippen LogP) is 1.93. The molecule has 0 aromatic carbocycles. The topological polar surface area (TPSA) is 61.8 Å². The first-order valence-electron chi connectivity index (χ1n) is 6.30. The Balaban J connectivity index is 4.28. The van der Waals surface area contributed by atoms with Gasteiger partial charge in [0.25, 0.3) is 0 Å². The van der Waals surface area contributed by atoms with E-state index in [2.05, 4.69) is 4.74 Å². The second kappa shape index (κ2) is 8.08. The first-order chi connectivity index (χ1) is 8.35. The number of rotatable bonds is 8. The molecule has 0 aromatic rings. The van der Waals surface area contributed by atoms with Gasteiger partial charge in [0.1, 0.15) is 0 Å². The number of hydrogen-bond acceptors (Lipinski definition) is 5. The summed E-state index contributed by atoms with van der Waals surface area (Å²) >= 11 is 0. The number of carbonyl (C=O) groups excluding carboxylic acids is 2. The van der Waals surface area contributed by atoms with Crippen LogP contribution in [0.15, 0.2) is 0 Å². The van der Waals surface area contributed by atoms with Crippen molar-refractivity contribution in [2.75, 3.05) is 19.8 Å². The van der Waals surface area contributed by atoms with Crippen LogP contribution in [0.2, 0.25) is 0 Å². The van der Waals surface area contributed by atoms with Gasteiger partial charge in [0.05, 0.1) is 24.7 Å². The molecule has 0 saturated carbocycles. The number of carbonyl (C=O) groups is 2. The maximum atomic E-state index is 11.9. The first-order valence-corrected chi connectivity index (χ1v) is 6.30. The SMILES string of the molecule is CCOC(=O)COC(=O)C(C)(CC)COC(C)C. The Morgan fingerprint density at radius 3 is 2.22 bits per heavy atom. The maximum Gasteiger partial charge on any atom is 0.344 e.